The van der Waals surface area contributed by atoms with Gasteiger partial charge in [-0.1, -0.05) is 48.5 Å². The molecule has 37 heavy (non-hydrogen) atoms. The Morgan fingerprint density at radius 1 is 0.892 bits per heavy atom. The Kier molecular flexibility index (Phi) is 7.25. The summed E-state index contributed by atoms with van der Waals surface area (Å²) in [5.41, 5.74) is 0.654. The first-order chi connectivity index (χ1) is 17.7. The maximum Gasteiger partial charge on any atom is 0.416 e. The summed E-state index contributed by atoms with van der Waals surface area (Å²) in [6.07, 6.45) is -4.42. The largest absolute Gasteiger partial charge is 0.416 e. The number of aryl methyl sites for hydroxylation is 1. The molecule has 2 N–H and O–H groups in total. The normalized spacial score (nSPS) is 12.7. The Morgan fingerprint density at radius 2 is 1.57 bits per heavy atom. The lowest BCUT2D eigenvalue weighted by Gasteiger charge is -2.36. The average molecular weight is 501 g/mol. The number of halogens is 3. The maximum absolute atomic E-state index is 13.7. The molecule has 2 amide bonds. The van der Waals surface area contributed by atoms with Gasteiger partial charge in [0.2, 0.25) is 0 Å². The van der Waals surface area contributed by atoms with Crippen LogP contribution in [-0.4, -0.2) is 11.0 Å². The highest BCUT2D eigenvalue weighted by atomic mass is 19.4. The molecule has 0 spiro atoms. The summed E-state index contributed by atoms with van der Waals surface area (Å²) in [5.74, 6) is 0. The number of anilines is 1. The van der Waals surface area contributed by atoms with Crippen LogP contribution in [0.2, 0.25) is 0 Å². The minimum absolute atomic E-state index is 0.145. The highest BCUT2D eigenvalue weighted by Crippen LogP contribution is 2.37. The third-order valence-corrected chi connectivity index (χ3v) is 5.92. The van der Waals surface area contributed by atoms with Crippen LogP contribution in [-0.2, 0) is 18.1 Å². The van der Waals surface area contributed by atoms with Gasteiger partial charge in [0.15, 0.2) is 0 Å². The van der Waals surface area contributed by atoms with E-state index in [4.69, 9.17) is 5.26 Å². The molecule has 0 aliphatic heterocycles. The van der Waals surface area contributed by atoms with E-state index in [2.05, 4.69) is 15.6 Å². The first-order valence-corrected chi connectivity index (χ1v) is 11.4. The number of hydrogen-bond donors (Lipinski definition) is 2. The van der Waals surface area contributed by atoms with E-state index >= 15 is 0 Å². The van der Waals surface area contributed by atoms with Gasteiger partial charge in [0.05, 0.1) is 22.9 Å². The number of pyridine rings is 1. The molecule has 0 saturated heterocycles. The molecule has 0 aliphatic rings. The predicted molar refractivity (Wildman–Crippen MR) is 135 cm³/mol. The molecule has 0 fully saturated rings. The van der Waals surface area contributed by atoms with Gasteiger partial charge >= 0.3 is 12.2 Å². The van der Waals surface area contributed by atoms with E-state index < -0.39 is 23.3 Å². The van der Waals surface area contributed by atoms with Gasteiger partial charge in [0, 0.05) is 17.8 Å². The van der Waals surface area contributed by atoms with Crippen molar-refractivity contribution in [3.8, 4) is 6.07 Å². The van der Waals surface area contributed by atoms with Gasteiger partial charge in [-0.2, -0.15) is 18.4 Å². The summed E-state index contributed by atoms with van der Waals surface area (Å²) in [5, 5.41) is 14.7. The lowest BCUT2D eigenvalue weighted by Crippen LogP contribution is -2.50. The van der Waals surface area contributed by atoms with Gasteiger partial charge in [0.1, 0.15) is 5.54 Å². The molecule has 1 unspecified atom stereocenters. The lowest BCUT2D eigenvalue weighted by atomic mass is 9.80. The number of carbonyl (C=O) groups excluding carboxylic acids is 1. The van der Waals surface area contributed by atoms with Crippen molar-refractivity contribution in [1.82, 2.24) is 10.3 Å². The molecule has 0 bridgehead atoms. The average Bonchev–Trinajstić information content (AvgIpc) is 2.89. The predicted octanol–water partition coefficient (Wildman–Crippen LogP) is 6.59. The highest BCUT2D eigenvalue weighted by molar-refractivity contribution is 5.90. The smallest absolute Gasteiger partial charge is 0.322 e. The van der Waals surface area contributed by atoms with E-state index in [-0.39, 0.29) is 12.0 Å². The number of nitriles is 1. The fourth-order valence-electron chi connectivity index (χ4n) is 4.15. The minimum atomic E-state index is -4.57. The lowest BCUT2D eigenvalue weighted by molar-refractivity contribution is -0.137. The number of nitrogens with zero attached hydrogens (tertiary/aromatic N) is 2. The minimum Gasteiger partial charge on any atom is -0.322 e. The zero-order valence-corrected chi connectivity index (χ0v) is 19.9. The van der Waals surface area contributed by atoms with E-state index in [0.29, 0.717) is 22.6 Å². The number of rotatable bonds is 6. The van der Waals surface area contributed by atoms with Gasteiger partial charge in [-0.15, -0.1) is 0 Å². The number of hydrogen-bond acceptors (Lipinski definition) is 3. The first kappa shape index (κ1) is 25.5. The summed E-state index contributed by atoms with van der Waals surface area (Å²) < 4.78 is 41.2. The van der Waals surface area contributed by atoms with Crippen LogP contribution in [0, 0.1) is 18.3 Å². The molecular weight excluding hydrogens is 477 g/mol. The van der Waals surface area contributed by atoms with Gasteiger partial charge < -0.3 is 10.6 Å². The summed E-state index contributed by atoms with van der Waals surface area (Å²) in [4.78, 5) is 18.0. The van der Waals surface area contributed by atoms with Crippen molar-refractivity contribution in [3.05, 3.63) is 131 Å². The van der Waals surface area contributed by atoms with Gasteiger partial charge in [0.25, 0.3) is 0 Å². The third kappa shape index (κ3) is 5.96. The fraction of sp³-hybridized carbons (Fsp3) is 0.138. The van der Waals surface area contributed by atoms with Crippen molar-refractivity contribution in [1.29, 1.82) is 5.26 Å². The zero-order valence-electron chi connectivity index (χ0n) is 19.9. The van der Waals surface area contributed by atoms with Crippen LogP contribution in [0.25, 0.3) is 0 Å². The van der Waals surface area contributed by atoms with Crippen molar-refractivity contribution in [2.45, 2.75) is 25.1 Å². The molecule has 3 aromatic carbocycles. The van der Waals surface area contributed by atoms with Crippen molar-refractivity contribution in [3.63, 3.8) is 0 Å². The molecule has 186 valence electrons. The zero-order chi connectivity index (χ0) is 26.5. The molecular formula is C29H23F3N4O. The number of alkyl halides is 3. The number of aromatic nitrogens is 1. The second-order valence-corrected chi connectivity index (χ2v) is 8.58. The summed E-state index contributed by atoms with van der Waals surface area (Å²) in [6.45, 7) is 1.78. The van der Waals surface area contributed by atoms with Crippen molar-refractivity contribution in [2.75, 3.05) is 5.32 Å². The monoisotopic (exact) mass is 500 g/mol. The van der Waals surface area contributed by atoms with Crippen LogP contribution in [0.15, 0.2) is 97.1 Å². The summed E-state index contributed by atoms with van der Waals surface area (Å²) in [7, 11) is 0. The summed E-state index contributed by atoms with van der Waals surface area (Å²) >= 11 is 0. The standard InChI is InChI=1S/C29H23F3N4O/c1-20-7-5-12-26(34-20)28(18-21-8-3-2-4-9-21,23-10-6-11-24(17-23)29(30,31)32)36-27(37)35-25-15-13-22(19-33)14-16-25/h2-17H,18H2,1H3,(H2,35,36,37). The Bertz CT molecular complexity index is 1430. The van der Waals surface area contributed by atoms with E-state index in [1.807, 2.05) is 36.4 Å². The SMILES string of the molecule is Cc1cccc(C(Cc2ccccc2)(NC(=O)Nc2ccc(C#N)cc2)c2cccc(C(F)(F)F)c2)n1. The molecule has 1 heterocycles. The Hall–Kier alpha value is -4.64. The number of urea groups is 1. The molecule has 1 aromatic heterocycles. The molecule has 0 radical (unpaired) electrons. The van der Waals surface area contributed by atoms with E-state index in [0.717, 1.165) is 17.7 Å². The Morgan fingerprint density at radius 3 is 2.22 bits per heavy atom. The van der Waals surface area contributed by atoms with Crippen LogP contribution < -0.4 is 10.6 Å². The van der Waals surface area contributed by atoms with E-state index in [9.17, 15) is 18.0 Å². The Balaban J connectivity index is 1.86. The van der Waals surface area contributed by atoms with Crippen LogP contribution >= 0.6 is 0 Å². The third-order valence-electron chi connectivity index (χ3n) is 5.92. The number of amides is 2. The molecule has 8 heteroatoms. The van der Waals surface area contributed by atoms with Gasteiger partial charge in [-0.25, -0.2) is 4.79 Å². The quantitative estimate of drug-likeness (QED) is 0.314. The topological polar surface area (TPSA) is 77.8 Å². The molecule has 0 aliphatic carbocycles. The molecule has 1 atom stereocenters. The van der Waals surface area contributed by atoms with E-state index in [1.165, 1.54) is 6.07 Å². The second kappa shape index (κ2) is 10.5. The fourth-order valence-corrected chi connectivity index (χ4v) is 4.15. The molecule has 4 rings (SSSR count). The number of carbonyl (C=O) groups is 1. The van der Waals surface area contributed by atoms with Crippen LogP contribution in [0.4, 0.5) is 23.7 Å². The maximum atomic E-state index is 13.7. The van der Waals surface area contributed by atoms with Crippen LogP contribution in [0.1, 0.15) is 33.6 Å². The van der Waals surface area contributed by atoms with E-state index in [1.54, 1.807) is 55.5 Å². The number of nitrogens with one attached hydrogen (secondary N) is 2. The molecule has 5 nitrogen and oxygen atoms in total. The summed E-state index contributed by atoms with van der Waals surface area (Å²) in [6, 6.07) is 27.0. The molecule has 0 saturated carbocycles. The van der Waals surface area contributed by atoms with Gasteiger partial charge in [-0.05, 0) is 66.6 Å². The Labute approximate surface area is 212 Å². The van der Waals surface area contributed by atoms with Gasteiger partial charge in [-0.3, -0.25) is 4.98 Å². The van der Waals surface area contributed by atoms with Crippen molar-refractivity contribution in [2.24, 2.45) is 0 Å². The van der Waals surface area contributed by atoms with Crippen molar-refractivity contribution < 1.29 is 18.0 Å². The first-order valence-electron chi connectivity index (χ1n) is 11.4. The second-order valence-electron chi connectivity index (χ2n) is 8.58. The molecule has 4 aromatic rings. The van der Waals surface area contributed by atoms with Crippen LogP contribution in [0.3, 0.4) is 0 Å². The number of benzene rings is 3. The highest BCUT2D eigenvalue weighted by Gasteiger charge is 2.40. The van der Waals surface area contributed by atoms with Crippen LogP contribution in [0.5, 0.6) is 0 Å². The van der Waals surface area contributed by atoms with Crippen molar-refractivity contribution >= 4 is 11.7 Å².